The van der Waals surface area contributed by atoms with Gasteiger partial charge in [-0.2, -0.15) is 0 Å². The van der Waals surface area contributed by atoms with Crippen LogP contribution in [0.15, 0.2) is 24.3 Å². The summed E-state index contributed by atoms with van der Waals surface area (Å²) in [5.74, 6) is 2.69. The van der Waals surface area contributed by atoms with E-state index in [0.29, 0.717) is 12.0 Å². The largest absolute Gasteiger partial charge is 0.382 e. The Morgan fingerprint density at radius 2 is 1.79 bits per heavy atom. The summed E-state index contributed by atoms with van der Waals surface area (Å²) in [6.07, 6.45) is 8.66. The fourth-order valence-corrected chi connectivity index (χ4v) is 3.71. The normalized spacial score (nSPS) is 27.5. The lowest BCUT2D eigenvalue weighted by molar-refractivity contribution is 0.303. The lowest BCUT2D eigenvalue weighted by Gasteiger charge is -2.31. The van der Waals surface area contributed by atoms with Gasteiger partial charge < -0.3 is 5.32 Å². The van der Waals surface area contributed by atoms with Gasteiger partial charge in [0, 0.05) is 11.7 Å². The second kappa shape index (κ2) is 5.56. The van der Waals surface area contributed by atoms with Gasteiger partial charge >= 0.3 is 0 Å². The van der Waals surface area contributed by atoms with E-state index in [9.17, 15) is 0 Å². The Labute approximate surface area is 117 Å². The summed E-state index contributed by atoms with van der Waals surface area (Å²) >= 11 is 0. The van der Waals surface area contributed by atoms with Crippen molar-refractivity contribution in [1.29, 1.82) is 0 Å². The van der Waals surface area contributed by atoms with Crippen LogP contribution in [0.1, 0.15) is 63.9 Å². The zero-order valence-electron chi connectivity index (χ0n) is 12.4. The zero-order valence-corrected chi connectivity index (χ0v) is 12.4. The van der Waals surface area contributed by atoms with Crippen LogP contribution in [-0.4, -0.2) is 6.04 Å². The quantitative estimate of drug-likeness (QED) is 0.782. The second-order valence-electron chi connectivity index (χ2n) is 6.85. The SMILES string of the molecule is CC(C)c1ccccc1NC1CCCC(C2CC2)C1. The van der Waals surface area contributed by atoms with E-state index in [0.717, 1.165) is 11.8 Å². The molecular formula is C18H27N. The molecule has 2 saturated carbocycles. The van der Waals surface area contributed by atoms with E-state index in [-0.39, 0.29) is 0 Å². The Morgan fingerprint density at radius 3 is 2.53 bits per heavy atom. The molecule has 0 bridgehead atoms. The molecule has 1 aromatic rings. The van der Waals surface area contributed by atoms with Crippen molar-refractivity contribution in [2.24, 2.45) is 11.8 Å². The van der Waals surface area contributed by atoms with Gasteiger partial charge in [-0.3, -0.25) is 0 Å². The molecule has 1 N–H and O–H groups in total. The number of para-hydroxylation sites is 1. The van der Waals surface area contributed by atoms with Crippen molar-refractivity contribution in [3.8, 4) is 0 Å². The summed E-state index contributed by atoms with van der Waals surface area (Å²) in [5.41, 5.74) is 2.84. The molecular weight excluding hydrogens is 230 g/mol. The Hall–Kier alpha value is -0.980. The smallest absolute Gasteiger partial charge is 0.0377 e. The zero-order chi connectivity index (χ0) is 13.2. The number of hydrogen-bond acceptors (Lipinski definition) is 1. The van der Waals surface area contributed by atoms with Gasteiger partial charge in [-0.05, 0) is 55.1 Å². The summed E-state index contributed by atoms with van der Waals surface area (Å²) in [4.78, 5) is 0. The van der Waals surface area contributed by atoms with Crippen LogP contribution in [0.2, 0.25) is 0 Å². The van der Waals surface area contributed by atoms with Gasteiger partial charge in [0.15, 0.2) is 0 Å². The van der Waals surface area contributed by atoms with Crippen molar-refractivity contribution in [3.63, 3.8) is 0 Å². The van der Waals surface area contributed by atoms with E-state index in [1.165, 1.54) is 49.8 Å². The first-order valence-electron chi connectivity index (χ1n) is 8.09. The minimum atomic E-state index is 0.603. The van der Waals surface area contributed by atoms with E-state index in [2.05, 4.69) is 43.4 Å². The third-order valence-corrected chi connectivity index (χ3v) is 4.95. The molecule has 19 heavy (non-hydrogen) atoms. The fraction of sp³-hybridized carbons (Fsp3) is 0.667. The highest BCUT2D eigenvalue weighted by atomic mass is 14.9. The van der Waals surface area contributed by atoms with Crippen LogP contribution in [0.5, 0.6) is 0 Å². The third-order valence-electron chi connectivity index (χ3n) is 4.95. The first-order chi connectivity index (χ1) is 9.24. The van der Waals surface area contributed by atoms with Crippen molar-refractivity contribution >= 4 is 5.69 Å². The van der Waals surface area contributed by atoms with Gasteiger partial charge in [0.1, 0.15) is 0 Å². The second-order valence-corrected chi connectivity index (χ2v) is 6.85. The summed E-state index contributed by atoms with van der Waals surface area (Å²) < 4.78 is 0. The molecule has 0 spiro atoms. The molecule has 1 aromatic carbocycles. The highest BCUT2D eigenvalue weighted by molar-refractivity contribution is 5.53. The molecule has 0 heterocycles. The number of nitrogens with one attached hydrogen (secondary N) is 1. The number of anilines is 1. The Morgan fingerprint density at radius 1 is 1.00 bits per heavy atom. The lowest BCUT2D eigenvalue weighted by Crippen LogP contribution is -2.28. The van der Waals surface area contributed by atoms with Crippen molar-refractivity contribution in [1.82, 2.24) is 0 Å². The van der Waals surface area contributed by atoms with E-state index in [1.807, 2.05) is 0 Å². The Bertz CT molecular complexity index is 419. The van der Waals surface area contributed by atoms with E-state index < -0.39 is 0 Å². The van der Waals surface area contributed by atoms with E-state index in [4.69, 9.17) is 0 Å². The van der Waals surface area contributed by atoms with Crippen LogP contribution >= 0.6 is 0 Å². The molecule has 3 rings (SSSR count). The van der Waals surface area contributed by atoms with Gasteiger partial charge in [-0.25, -0.2) is 0 Å². The van der Waals surface area contributed by atoms with Crippen LogP contribution < -0.4 is 5.32 Å². The monoisotopic (exact) mass is 257 g/mol. The Kier molecular flexibility index (Phi) is 3.81. The number of rotatable bonds is 4. The molecule has 1 heteroatoms. The van der Waals surface area contributed by atoms with Gasteiger partial charge in [0.25, 0.3) is 0 Å². The lowest BCUT2D eigenvalue weighted by atomic mass is 9.82. The van der Waals surface area contributed by atoms with Crippen LogP contribution in [-0.2, 0) is 0 Å². The minimum Gasteiger partial charge on any atom is -0.382 e. The molecule has 2 unspecified atom stereocenters. The predicted octanol–water partition coefficient (Wildman–Crippen LogP) is 5.19. The summed E-state index contributed by atoms with van der Waals surface area (Å²) in [7, 11) is 0. The number of hydrogen-bond donors (Lipinski definition) is 1. The molecule has 2 aliphatic carbocycles. The van der Waals surface area contributed by atoms with Crippen molar-refractivity contribution in [3.05, 3.63) is 29.8 Å². The van der Waals surface area contributed by atoms with Crippen molar-refractivity contribution in [2.45, 2.75) is 64.3 Å². The van der Waals surface area contributed by atoms with Gasteiger partial charge in [0.2, 0.25) is 0 Å². The van der Waals surface area contributed by atoms with E-state index in [1.54, 1.807) is 0 Å². The Balaban J connectivity index is 1.67. The highest BCUT2D eigenvalue weighted by Crippen LogP contribution is 2.44. The molecule has 0 aliphatic heterocycles. The molecule has 2 fully saturated rings. The van der Waals surface area contributed by atoms with Gasteiger partial charge in [-0.15, -0.1) is 0 Å². The topological polar surface area (TPSA) is 12.0 Å². The van der Waals surface area contributed by atoms with Crippen molar-refractivity contribution < 1.29 is 0 Å². The molecule has 104 valence electrons. The first kappa shape index (κ1) is 13.0. The van der Waals surface area contributed by atoms with Crippen LogP contribution in [0.25, 0.3) is 0 Å². The predicted molar refractivity (Wildman–Crippen MR) is 82.6 cm³/mol. The molecule has 1 nitrogen and oxygen atoms in total. The van der Waals surface area contributed by atoms with E-state index >= 15 is 0 Å². The number of benzene rings is 1. The standard InChI is InChI=1S/C18H27N/c1-13(2)17-8-3-4-9-18(17)19-16-7-5-6-15(12-16)14-10-11-14/h3-4,8-9,13-16,19H,5-7,10-12H2,1-2H3. The molecule has 2 atom stereocenters. The van der Waals surface area contributed by atoms with Crippen LogP contribution in [0, 0.1) is 11.8 Å². The summed E-state index contributed by atoms with van der Waals surface area (Å²) in [6.45, 7) is 4.57. The van der Waals surface area contributed by atoms with Crippen LogP contribution in [0.4, 0.5) is 5.69 Å². The third kappa shape index (κ3) is 3.13. The average molecular weight is 257 g/mol. The minimum absolute atomic E-state index is 0.603. The maximum absolute atomic E-state index is 3.84. The van der Waals surface area contributed by atoms with Gasteiger partial charge in [-0.1, -0.05) is 44.9 Å². The summed E-state index contributed by atoms with van der Waals surface area (Å²) in [6, 6.07) is 9.56. The molecule has 0 amide bonds. The maximum atomic E-state index is 3.84. The van der Waals surface area contributed by atoms with Crippen molar-refractivity contribution in [2.75, 3.05) is 5.32 Å². The summed E-state index contributed by atoms with van der Waals surface area (Å²) in [5, 5.41) is 3.84. The molecule has 2 aliphatic rings. The average Bonchev–Trinajstić information content (AvgIpc) is 3.24. The van der Waals surface area contributed by atoms with Crippen LogP contribution in [0.3, 0.4) is 0 Å². The maximum Gasteiger partial charge on any atom is 0.0377 e. The first-order valence-corrected chi connectivity index (χ1v) is 8.09. The molecule has 0 saturated heterocycles. The molecule has 0 radical (unpaired) electrons. The highest BCUT2D eigenvalue weighted by Gasteiger charge is 2.34. The van der Waals surface area contributed by atoms with Gasteiger partial charge in [0.05, 0.1) is 0 Å². The fourth-order valence-electron chi connectivity index (χ4n) is 3.71. The molecule has 0 aromatic heterocycles.